The third-order valence-electron chi connectivity index (χ3n) is 8.32. The maximum Gasteiger partial charge on any atom is 0.327 e. The molecule has 0 fully saturated rings. The number of nitrogens with zero attached hydrogens (tertiary/aromatic N) is 1. The lowest BCUT2D eigenvalue weighted by Crippen LogP contribution is -2.58. The predicted molar refractivity (Wildman–Crippen MR) is 153 cm³/mol. The van der Waals surface area contributed by atoms with Crippen LogP contribution in [0.25, 0.3) is 10.9 Å². The number of pyridine rings is 1. The standard InChI is InChI=1S/C30H23ClN4O7/c1-12-9-16-20(25(36)30(12)26(37)21-17(40-2)11-18(41-3)23(31)24(21)42-30)19(22-27(33-16)34-29(39)35-28(22)38)14-6-7-15-13(10-14)5-4-8-32-15/h4-8,10-12,19H,9H2,1-3H3,(H3,33,34,35,38,39). The fourth-order valence-electron chi connectivity index (χ4n) is 6.39. The van der Waals surface area contributed by atoms with Gasteiger partial charge in [-0.1, -0.05) is 30.7 Å². The molecule has 0 saturated heterocycles. The molecule has 0 amide bonds. The number of hydrogen-bond acceptors (Lipinski definition) is 9. The number of rotatable bonds is 3. The minimum absolute atomic E-state index is 0.00166. The zero-order valence-electron chi connectivity index (χ0n) is 22.6. The van der Waals surface area contributed by atoms with E-state index in [-0.39, 0.29) is 51.2 Å². The van der Waals surface area contributed by atoms with Crippen LogP contribution in [-0.2, 0) is 4.79 Å². The summed E-state index contributed by atoms with van der Waals surface area (Å²) in [5.74, 6) is -2.25. The van der Waals surface area contributed by atoms with E-state index in [1.807, 2.05) is 12.1 Å². The van der Waals surface area contributed by atoms with Gasteiger partial charge < -0.3 is 19.5 Å². The maximum atomic E-state index is 14.8. The molecule has 4 aromatic rings. The lowest BCUT2D eigenvalue weighted by Gasteiger charge is -2.42. The number of Topliss-reactive ketones (excluding diaryl/α,β-unsaturated/α-hetero) is 2. The molecule has 3 atom stereocenters. The topological polar surface area (TPSA) is 152 Å². The highest BCUT2D eigenvalue weighted by molar-refractivity contribution is 6.36. The summed E-state index contributed by atoms with van der Waals surface area (Å²) in [6.45, 7) is 1.73. The quantitative estimate of drug-likeness (QED) is 0.305. The Morgan fingerprint density at radius 3 is 2.57 bits per heavy atom. The average Bonchev–Trinajstić information content (AvgIpc) is 3.29. The highest BCUT2D eigenvalue weighted by Gasteiger charge is 2.63. The van der Waals surface area contributed by atoms with Crippen molar-refractivity contribution in [2.45, 2.75) is 24.9 Å². The first-order valence-corrected chi connectivity index (χ1v) is 13.5. The van der Waals surface area contributed by atoms with Crippen molar-refractivity contribution in [3.05, 3.63) is 96.4 Å². The van der Waals surface area contributed by atoms with Crippen LogP contribution < -0.4 is 30.8 Å². The number of nitrogens with one attached hydrogen (secondary N) is 3. The monoisotopic (exact) mass is 586 g/mol. The highest BCUT2D eigenvalue weighted by Crippen LogP contribution is 2.56. The van der Waals surface area contributed by atoms with Gasteiger partial charge >= 0.3 is 5.69 Å². The number of allylic oxidation sites excluding steroid dienone is 1. The van der Waals surface area contributed by atoms with E-state index in [9.17, 15) is 19.2 Å². The predicted octanol–water partition coefficient (Wildman–Crippen LogP) is 3.72. The van der Waals surface area contributed by atoms with E-state index in [0.717, 1.165) is 10.9 Å². The second-order valence-corrected chi connectivity index (χ2v) is 10.9. The fraction of sp³-hybridized carbons (Fsp3) is 0.233. The summed E-state index contributed by atoms with van der Waals surface area (Å²) >= 11 is 6.59. The molecule has 0 radical (unpaired) electrons. The van der Waals surface area contributed by atoms with E-state index in [0.29, 0.717) is 11.3 Å². The molecule has 3 aliphatic rings. The number of aromatic amines is 2. The molecule has 2 aliphatic heterocycles. The van der Waals surface area contributed by atoms with Gasteiger partial charge in [0.05, 0.1) is 25.3 Å². The lowest BCUT2D eigenvalue weighted by atomic mass is 9.66. The molecule has 2 aromatic heterocycles. The van der Waals surface area contributed by atoms with Crippen molar-refractivity contribution in [2.75, 3.05) is 19.5 Å². The summed E-state index contributed by atoms with van der Waals surface area (Å²) in [7, 11) is 2.81. The summed E-state index contributed by atoms with van der Waals surface area (Å²) in [4.78, 5) is 64.0. The van der Waals surface area contributed by atoms with Crippen LogP contribution in [0.3, 0.4) is 0 Å². The van der Waals surface area contributed by atoms with Gasteiger partial charge in [0.2, 0.25) is 17.2 Å². The summed E-state index contributed by atoms with van der Waals surface area (Å²) in [5, 5.41) is 3.93. The van der Waals surface area contributed by atoms with Crippen molar-refractivity contribution in [1.29, 1.82) is 0 Å². The zero-order chi connectivity index (χ0) is 29.5. The maximum absolute atomic E-state index is 14.8. The third-order valence-corrected chi connectivity index (χ3v) is 8.68. The van der Waals surface area contributed by atoms with E-state index in [4.69, 9.17) is 25.8 Å². The Morgan fingerprint density at radius 1 is 1.02 bits per heavy atom. The SMILES string of the molecule is COc1cc(OC)c2c(c1Cl)OC1(C(=O)C3=C(CC1C)Nc1[nH]c(=O)[nH]c(=O)c1C3c1ccc3ncccc3c1)C2=O. The molecule has 0 bridgehead atoms. The van der Waals surface area contributed by atoms with Gasteiger partial charge in [-0.05, 0) is 30.2 Å². The van der Waals surface area contributed by atoms with Crippen LogP contribution in [0.1, 0.15) is 40.7 Å². The Bertz CT molecular complexity index is 2030. The number of ketones is 2. The normalized spacial score (nSPS) is 22.4. The van der Waals surface area contributed by atoms with Gasteiger partial charge in [-0.3, -0.25) is 29.3 Å². The molecular formula is C30H23ClN4O7. The van der Waals surface area contributed by atoms with Gasteiger partial charge in [0.25, 0.3) is 5.56 Å². The molecule has 12 heteroatoms. The molecule has 2 aromatic carbocycles. The Kier molecular flexibility index (Phi) is 5.61. The van der Waals surface area contributed by atoms with Gasteiger partial charge in [0.1, 0.15) is 27.9 Å². The first kappa shape index (κ1) is 26.0. The molecule has 212 valence electrons. The van der Waals surface area contributed by atoms with Crippen LogP contribution in [0.4, 0.5) is 5.82 Å². The van der Waals surface area contributed by atoms with E-state index in [2.05, 4.69) is 20.3 Å². The van der Waals surface area contributed by atoms with Crippen molar-refractivity contribution in [2.24, 2.45) is 5.92 Å². The number of carbonyl (C=O) groups is 2. The van der Waals surface area contributed by atoms with Crippen LogP contribution in [-0.4, -0.2) is 46.3 Å². The minimum atomic E-state index is -1.98. The number of H-pyrrole nitrogens is 2. The second kappa shape index (κ2) is 9.05. The van der Waals surface area contributed by atoms with Crippen molar-refractivity contribution in [1.82, 2.24) is 15.0 Å². The van der Waals surface area contributed by atoms with Crippen LogP contribution in [0.5, 0.6) is 17.2 Å². The molecular weight excluding hydrogens is 564 g/mol. The van der Waals surface area contributed by atoms with Crippen molar-refractivity contribution >= 4 is 39.9 Å². The molecule has 11 nitrogen and oxygen atoms in total. The number of benzene rings is 2. The largest absolute Gasteiger partial charge is 0.496 e. The highest BCUT2D eigenvalue weighted by atomic mass is 35.5. The van der Waals surface area contributed by atoms with Crippen molar-refractivity contribution in [3.63, 3.8) is 0 Å². The molecule has 4 heterocycles. The first-order chi connectivity index (χ1) is 20.2. The van der Waals surface area contributed by atoms with Gasteiger partial charge in [-0.25, -0.2) is 4.79 Å². The smallest absolute Gasteiger partial charge is 0.327 e. The number of aromatic nitrogens is 3. The van der Waals surface area contributed by atoms with Crippen LogP contribution in [0, 0.1) is 5.92 Å². The number of methoxy groups -OCH3 is 2. The summed E-state index contributed by atoms with van der Waals surface area (Å²) < 4.78 is 17.2. The van der Waals surface area contributed by atoms with Crippen molar-refractivity contribution < 1.29 is 23.8 Å². The Hall–Kier alpha value is -4.90. The van der Waals surface area contributed by atoms with Gasteiger partial charge in [-0.15, -0.1) is 0 Å². The van der Waals surface area contributed by atoms with E-state index in [1.165, 1.54) is 20.3 Å². The number of halogens is 1. The van der Waals surface area contributed by atoms with Crippen LogP contribution in [0.15, 0.2) is 63.5 Å². The fourth-order valence-corrected chi connectivity index (χ4v) is 6.66. The van der Waals surface area contributed by atoms with E-state index in [1.54, 1.807) is 31.3 Å². The number of hydrogen-bond donors (Lipinski definition) is 3. The average molecular weight is 587 g/mol. The van der Waals surface area contributed by atoms with Crippen LogP contribution in [0.2, 0.25) is 5.02 Å². The number of anilines is 1. The van der Waals surface area contributed by atoms with Gasteiger partial charge in [-0.2, -0.15) is 0 Å². The van der Waals surface area contributed by atoms with E-state index >= 15 is 0 Å². The summed E-state index contributed by atoms with van der Waals surface area (Å²) in [5.41, 5.74) is -1.17. The zero-order valence-corrected chi connectivity index (χ0v) is 23.3. The number of carbonyl (C=O) groups excluding carboxylic acids is 2. The molecule has 7 rings (SSSR count). The number of ether oxygens (including phenoxy) is 3. The second-order valence-electron chi connectivity index (χ2n) is 10.5. The molecule has 1 aliphatic carbocycles. The van der Waals surface area contributed by atoms with Crippen molar-refractivity contribution in [3.8, 4) is 17.2 Å². The van der Waals surface area contributed by atoms with E-state index < -0.39 is 40.3 Å². The first-order valence-electron chi connectivity index (χ1n) is 13.1. The molecule has 1 spiro atoms. The van der Waals surface area contributed by atoms with Gasteiger partial charge in [0.15, 0.2) is 5.75 Å². The van der Waals surface area contributed by atoms with Gasteiger partial charge in [0, 0.05) is 40.8 Å². The Morgan fingerprint density at radius 2 is 1.81 bits per heavy atom. The Labute approximate surface area is 242 Å². The minimum Gasteiger partial charge on any atom is -0.496 e. The molecule has 0 saturated carbocycles. The molecule has 3 unspecified atom stereocenters. The Balaban J connectivity index is 1.46. The molecule has 3 N–H and O–H groups in total. The molecule has 42 heavy (non-hydrogen) atoms. The van der Waals surface area contributed by atoms with Crippen LogP contribution >= 0.6 is 11.6 Å². The lowest BCUT2D eigenvalue weighted by molar-refractivity contribution is -0.130. The summed E-state index contributed by atoms with van der Waals surface area (Å²) in [6, 6.07) is 10.5. The summed E-state index contributed by atoms with van der Waals surface area (Å²) in [6.07, 6.45) is 1.86. The third kappa shape index (κ3) is 3.37. The number of fused-ring (bicyclic) bond motifs is 3.